The number of nitrogens with one attached hydrogen (secondary N) is 1. The van der Waals surface area contributed by atoms with Gasteiger partial charge in [-0.15, -0.1) is 12.4 Å². The Hall–Kier alpha value is -2.15. The molecule has 12 heteroatoms. The molecule has 434 valence electrons. The number of nitriles is 4. The molecule has 78 heavy (non-hydrogen) atoms. The fraction of sp³-hybridized carbons (Fsp3) is 0.879. The molecule has 1 amide bonds. The Morgan fingerprint density at radius 1 is 0.628 bits per heavy atom. The number of carbonyl (C=O) groups is 2. The number of fused-ring (bicyclic) bond motifs is 6. The van der Waals surface area contributed by atoms with Gasteiger partial charge >= 0.3 is 5.97 Å². The fourth-order valence-electron chi connectivity index (χ4n) is 17.9. The van der Waals surface area contributed by atoms with Crippen LogP contribution >= 0.6 is 44.3 Å². The summed E-state index contributed by atoms with van der Waals surface area (Å²) >= 11 is 6.97. The molecule has 9 nitrogen and oxygen atoms in total. The van der Waals surface area contributed by atoms with Crippen molar-refractivity contribution in [3.8, 4) is 24.3 Å². The summed E-state index contributed by atoms with van der Waals surface area (Å²) in [4.78, 5) is 21.8. The normalized spacial score (nSPS) is 44.4. The predicted molar refractivity (Wildman–Crippen MR) is 321 cm³/mol. The monoisotopic (exact) mass is 1220 g/mol. The Morgan fingerprint density at radius 3 is 1.32 bits per heavy atom. The zero-order chi connectivity index (χ0) is 55.2. The van der Waals surface area contributed by atoms with Crippen LogP contribution in [-0.2, 0) is 9.59 Å². The van der Waals surface area contributed by atoms with E-state index in [4.69, 9.17) is 26.6 Å². The Morgan fingerprint density at radius 2 is 1.03 bits per heavy atom. The van der Waals surface area contributed by atoms with E-state index in [0.29, 0.717) is 17.9 Å². The van der Waals surface area contributed by atoms with E-state index < -0.39 is 5.97 Å². The van der Waals surface area contributed by atoms with E-state index >= 15 is 0 Å². The Bertz CT molecular complexity index is 2160. The molecule has 13 saturated carbocycles. The molecular weight excluding hydrogens is 1120 g/mol. The first-order valence-corrected chi connectivity index (χ1v) is 33.7. The second kappa shape index (κ2) is 27.5. The number of carboxylic acid groups (broad SMARTS) is 1. The van der Waals surface area contributed by atoms with E-state index in [0.717, 1.165) is 134 Å². The molecule has 1 heterocycles. The quantitative estimate of drug-likeness (QED) is 0.158. The van der Waals surface area contributed by atoms with Crippen LogP contribution in [0.5, 0.6) is 0 Å². The van der Waals surface area contributed by atoms with E-state index in [1.807, 2.05) is 0 Å². The number of alkyl halides is 2. The molecule has 1 saturated heterocycles. The van der Waals surface area contributed by atoms with Gasteiger partial charge in [0, 0.05) is 29.5 Å². The largest absolute Gasteiger partial charge is 0.481 e. The van der Waals surface area contributed by atoms with Crippen molar-refractivity contribution in [2.75, 3.05) is 23.7 Å². The standard InChI is InChI=1S/C13H19N.C10H17NO2.C10H15NO.C10H15N.C9H13N.C8H11N.C6H10Br2.ClH/c1-10(2)5-6-13(9-14)7-11-3-4-12(11)8-13;11-6-10(5-9(12)13)3-7-1-2-8(7)4-10;12-9-5-10(6-11-9)3-7-1-2-8(7)4-10;1-2-10(7-11)5-8-3-4-9(8)6-10;1-9(6-10)4-7-2-3-8(7)5-9;9-5-6-3-7-1-2-8(7)4-6;7-3-5-1-2-6(5)4-8;/h5,11-12H,3-4,6-8H2,1-2H3;7-8H,1-6,11H2,(H,12,13);7-8H,1-6H2,(H,11,12);8-9H,2-6H2,1H3;7-8H,2-5H2,1H3;6-8H,1-4H2;5-6H,1-4H2;1H/t11-,12+,13?;2*7-,8+,10?;8-,9+,10?;;6?,7-,8+;5-,6+;. The first-order valence-electron chi connectivity index (χ1n) is 31.5. The Kier molecular flexibility index (Phi) is 22.4. The number of halogens is 3. The van der Waals surface area contributed by atoms with Crippen LogP contribution in [0.1, 0.15) is 220 Å². The number of amides is 1. The lowest BCUT2D eigenvalue weighted by atomic mass is 9.76. The average Bonchev–Trinajstić information content (AvgIpc) is 4.21. The van der Waals surface area contributed by atoms with E-state index in [9.17, 15) is 14.9 Å². The first-order chi connectivity index (χ1) is 36.9. The summed E-state index contributed by atoms with van der Waals surface area (Å²) in [6, 6.07) is 9.92. The molecule has 0 bridgehead atoms. The van der Waals surface area contributed by atoms with Gasteiger partial charge < -0.3 is 16.2 Å². The van der Waals surface area contributed by atoms with Gasteiger partial charge in [-0.25, -0.2) is 0 Å². The molecule has 4 N–H and O–H groups in total. The molecule has 0 aromatic carbocycles. The van der Waals surface area contributed by atoms with Crippen molar-refractivity contribution in [3.63, 3.8) is 0 Å². The molecule has 13 aliphatic carbocycles. The minimum absolute atomic E-state index is 0. The Balaban J connectivity index is 0.000000133. The van der Waals surface area contributed by atoms with Crippen molar-refractivity contribution in [3.05, 3.63) is 11.6 Å². The molecule has 0 aromatic rings. The maximum Gasteiger partial charge on any atom is 0.303 e. The number of rotatable bonds is 8. The van der Waals surface area contributed by atoms with E-state index in [-0.39, 0.29) is 46.4 Å². The molecule has 14 aliphatic rings. The van der Waals surface area contributed by atoms with Crippen molar-refractivity contribution < 1.29 is 14.7 Å². The Labute approximate surface area is 495 Å². The van der Waals surface area contributed by atoms with Gasteiger partial charge in [0.25, 0.3) is 0 Å². The predicted octanol–water partition coefficient (Wildman–Crippen LogP) is 16.4. The average molecular weight is 1220 g/mol. The highest BCUT2D eigenvalue weighted by atomic mass is 79.9. The van der Waals surface area contributed by atoms with Gasteiger partial charge in [0.1, 0.15) is 0 Å². The minimum atomic E-state index is -0.688. The zero-order valence-electron chi connectivity index (χ0n) is 48.6. The van der Waals surface area contributed by atoms with Crippen molar-refractivity contribution in [1.29, 1.82) is 21.0 Å². The molecule has 1 spiro atoms. The third-order valence-electron chi connectivity index (χ3n) is 24.1. The maximum absolute atomic E-state index is 11.1. The van der Waals surface area contributed by atoms with Crippen LogP contribution in [-0.4, -0.2) is 40.7 Å². The summed E-state index contributed by atoms with van der Waals surface area (Å²) in [5.41, 5.74) is 7.54. The van der Waals surface area contributed by atoms with Crippen molar-refractivity contribution in [1.82, 2.24) is 5.32 Å². The third-order valence-corrected chi connectivity index (χ3v) is 25.7. The highest BCUT2D eigenvalue weighted by molar-refractivity contribution is 9.09. The van der Waals surface area contributed by atoms with Crippen LogP contribution in [0.3, 0.4) is 0 Å². The molecule has 14 fully saturated rings. The summed E-state index contributed by atoms with van der Waals surface area (Å²) in [6.07, 6.45) is 39.1. The number of nitrogens with zero attached hydrogens (tertiary/aromatic N) is 4. The van der Waals surface area contributed by atoms with Crippen LogP contribution in [0.25, 0.3) is 0 Å². The molecular formula is C66H101Br2ClN6O3. The number of hydrogen-bond donors (Lipinski definition) is 3. The highest BCUT2D eigenvalue weighted by Crippen LogP contribution is 2.60. The van der Waals surface area contributed by atoms with Gasteiger partial charge in [0.15, 0.2) is 0 Å². The van der Waals surface area contributed by atoms with E-state index in [2.05, 4.69) is 95.2 Å². The van der Waals surface area contributed by atoms with Gasteiger partial charge in [-0.2, -0.15) is 21.0 Å². The van der Waals surface area contributed by atoms with Gasteiger partial charge in [0.05, 0.1) is 46.9 Å². The van der Waals surface area contributed by atoms with Gasteiger partial charge in [0.2, 0.25) is 5.91 Å². The molecule has 1 aliphatic heterocycles. The summed E-state index contributed by atoms with van der Waals surface area (Å²) < 4.78 is 0. The lowest BCUT2D eigenvalue weighted by Gasteiger charge is -2.33. The van der Waals surface area contributed by atoms with Crippen LogP contribution in [0.4, 0.5) is 0 Å². The van der Waals surface area contributed by atoms with Crippen molar-refractivity contribution in [2.45, 2.75) is 220 Å². The summed E-state index contributed by atoms with van der Waals surface area (Å²) in [5, 5.41) is 49.9. The second-order valence-corrected chi connectivity index (χ2v) is 30.6. The van der Waals surface area contributed by atoms with Crippen LogP contribution in [0, 0.1) is 161 Å². The van der Waals surface area contributed by atoms with E-state index in [1.54, 1.807) is 0 Å². The van der Waals surface area contributed by atoms with Crippen LogP contribution in [0.15, 0.2) is 11.6 Å². The van der Waals surface area contributed by atoms with Crippen molar-refractivity contribution >= 4 is 56.1 Å². The number of hydrogen-bond acceptors (Lipinski definition) is 7. The summed E-state index contributed by atoms with van der Waals surface area (Å²) in [5.74, 6) is 12.9. The SMILES string of the molecule is BrC[C@@H]1CC[C@@H]1CBr.CC(C)=CCC1(C#N)C[C@H]2CC[C@H]2C1.CC1(C#N)CC2CCC2C1.CCC1(C#N)C[C@H]2CC[C@H]2C1.Cl.N#CC1C[C@H]2CC[C@H]2C1.NCC1(CC(=O)O)C[C@H]2CC[C@H]2C1.O=C1CC2(CN1)C[C@H]1CC[C@H]1C2. The smallest absolute Gasteiger partial charge is 0.303 e. The van der Waals surface area contributed by atoms with E-state index in [1.165, 1.54) is 157 Å². The molecule has 0 radical (unpaired) electrons. The lowest BCUT2D eigenvalue weighted by Crippen LogP contribution is -2.30. The van der Waals surface area contributed by atoms with Gasteiger partial charge in [-0.05, 0) is 301 Å². The molecule has 14 rings (SSSR count). The topological polar surface area (TPSA) is 188 Å². The van der Waals surface area contributed by atoms with Gasteiger partial charge in [-0.1, -0.05) is 50.4 Å². The minimum Gasteiger partial charge on any atom is -0.481 e. The van der Waals surface area contributed by atoms with Crippen LogP contribution in [0.2, 0.25) is 0 Å². The first kappa shape index (κ1) is 63.4. The second-order valence-electron chi connectivity index (χ2n) is 29.4. The number of carboxylic acids is 1. The maximum atomic E-state index is 11.1. The number of carbonyl (C=O) groups excluding carboxylic acids is 1. The highest BCUT2D eigenvalue weighted by Gasteiger charge is 2.53. The van der Waals surface area contributed by atoms with Crippen molar-refractivity contribution in [2.24, 2.45) is 122 Å². The molecule has 0 aromatic heterocycles. The third kappa shape index (κ3) is 15.0. The van der Waals surface area contributed by atoms with Crippen LogP contribution < -0.4 is 11.1 Å². The number of allylic oxidation sites excluding steroid dienone is 2. The lowest BCUT2D eigenvalue weighted by molar-refractivity contribution is -0.139. The number of nitrogens with two attached hydrogens (primary N) is 1. The number of aliphatic carboxylic acids is 1. The van der Waals surface area contributed by atoms with Gasteiger partial charge in [-0.3, -0.25) is 9.59 Å². The molecule has 19 atom stereocenters. The zero-order valence-corrected chi connectivity index (χ0v) is 52.6. The summed E-state index contributed by atoms with van der Waals surface area (Å²) in [6.45, 7) is 10.0. The molecule has 7 unspecified atom stereocenters. The fourth-order valence-corrected chi connectivity index (χ4v) is 19.6. The summed E-state index contributed by atoms with van der Waals surface area (Å²) in [7, 11) is 0.